The molecule has 2 aromatic rings. The lowest BCUT2D eigenvalue weighted by atomic mass is 9.92. The molecule has 0 bridgehead atoms. The Hall–Kier alpha value is -3.15. The first kappa shape index (κ1) is 17.9. The van der Waals surface area contributed by atoms with Crippen molar-refractivity contribution < 1.29 is 19.1 Å². The Morgan fingerprint density at radius 2 is 2.03 bits per heavy atom. The van der Waals surface area contributed by atoms with Crippen LogP contribution in [-0.4, -0.2) is 41.5 Å². The third-order valence-electron chi connectivity index (χ3n) is 6.27. The summed E-state index contributed by atoms with van der Waals surface area (Å²) in [5.74, 6) is 0.534. The number of amides is 1. The largest absolute Gasteiger partial charge is 0.490 e. The number of hydrogen-bond acceptors (Lipinski definition) is 5. The second kappa shape index (κ2) is 6.44. The second-order valence-corrected chi connectivity index (χ2v) is 7.99. The van der Waals surface area contributed by atoms with Crippen LogP contribution in [-0.2, 0) is 20.5 Å². The molecule has 148 valence electrons. The van der Waals surface area contributed by atoms with E-state index >= 15 is 0 Å². The fraction of sp³-hybridized carbons (Fsp3) is 0.348. The van der Waals surface area contributed by atoms with Crippen molar-refractivity contribution in [2.45, 2.75) is 30.3 Å². The Balaban J connectivity index is 1.36. The van der Waals surface area contributed by atoms with Crippen LogP contribution >= 0.6 is 0 Å². The molecule has 1 unspecified atom stereocenters. The summed E-state index contributed by atoms with van der Waals surface area (Å²) in [6.07, 6.45) is 7.21. The van der Waals surface area contributed by atoms with E-state index in [4.69, 9.17) is 9.47 Å². The molecular weight excluding hydrogens is 368 g/mol. The Labute approximate surface area is 169 Å². The molecule has 1 saturated carbocycles. The standard InChI is InChI=1S/C23H22N2O4/c1-2-13-28-17-5-3-16(4-6-17)22(8-9-22)21(27)25-12-10-23(15-25)19-7-11-24-14-18(19)20(26)29-23/h2-7,11,14H,1,8-10,12-13,15H2. The van der Waals surface area contributed by atoms with Crippen LogP contribution in [0.1, 0.15) is 40.7 Å². The van der Waals surface area contributed by atoms with Gasteiger partial charge in [-0.2, -0.15) is 0 Å². The van der Waals surface area contributed by atoms with Gasteiger partial charge < -0.3 is 14.4 Å². The quantitative estimate of drug-likeness (QED) is 0.580. The molecule has 5 rings (SSSR count). The van der Waals surface area contributed by atoms with Crippen LogP contribution in [0.25, 0.3) is 0 Å². The van der Waals surface area contributed by atoms with Gasteiger partial charge in [-0.05, 0) is 36.6 Å². The maximum atomic E-state index is 13.4. The zero-order valence-corrected chi connectivity index (χ0v) is 16.1. The van der Waals surface area contributed by atoms with Crippen LogP contribution in [0.2, 0.25) is 0 Å². The number of carbonyl (C=O) groups is 2. The molecule has 3 aliphatic rings. The van der Waals surface area contributed by atoms with E-state index in [1.807, 2.05) is 35.2 Å². The fourth-order valence-electron chi connectivity index (χ4n) is 4.58. The van der Waals surface area contributed by atoms with Gasteiger partial charge in [0.1, 0.15) is 12.4 Å². The first-order valence-electron chi connectivity index (χ1n) is 9.89. The number of likely N-dealkylation sites (tertiary alicyclic amines) is 1. The predicted molar refractivity (Wildman–Crippen MR) is 106 cm³/mol. The first-order valence-corrected chi connectivity index (χ1v) is 9.89. The average Bonchev–Trinajstić information content (AvgIpc) is 3.38. The number of hydrogen-bond donors (Lipinski definition) is 0. The van der Waals surface area contributed by atoms with E-state index in [0.29, 0.717) is 31.7 Å². The Morgan fingerprint density at radius 3 is 2.76 bits per heavy atom. The molecule has 1 atom stereocenters. The summed E-state index contributed by atoms with van der Waals surface area (Å²) in [5.41, 5.74) is 1.18. The highest BCUT2D eigenvalue weighted by molar-refractivity contribution is 5.95. The average molecular weight is 390 g/mol. The van der Waals surface area contributed by atoms with E-state index in [-0.39, 0.29) is 11.9 Å². The molecule has 1 amide bonds. The number of rotatable bonds is 5. The predicted octanol–water partition coefficient (Wildman–Crippen LogP) is 2.98. The number of fused-ring (bicyclic) bond motifs is 2. The van der Waals surface area contributed by atoms with Gasteiger partial charge in [-0.25, -0.2) is 4.79 Å². The molecule has 29 heavy (non-hydrogen) atoms. The van der Waals surface area contributed by atoms with Crippen molar-refractivity contribution in [2.24, 2.45) is 0 Å². The van der Waals surface area contributed by atoms with Crippen LogP contribution in [0.15, 0.2) is 55.4 Å². The van der Waals surface area contributed by atoms with Gasteiger partial charge in [-0.1, -0.05) is 24.8 Å². The van der Waals surface area contributed by atoms with Crippen molar-refractivity contribution in [1.82, 2.24) is 9.88 Å². The molecule has 1 aliphatic carbocycles. The number of benzene rings is 1. The molecule has 1 spiro atoms. The summed E-state index contributed by atoms with van der Waals surface area (Å²) in [6.45, 7) is 5.08. The Bertz CT molecular complexity index is 996. The van der Waals surface area contributed by atoms with Gasteiger partial charge in [0.2, 0.25) is 5.91 Å². The molecule has 2 aliphatic heterocycles. The van der Waals surface area contributed by atoms with Gasteiger partial charge in [0.15, 0.2) is 5.60 Å². The molecular formula is C23H22N2O4. The first-order chi connectivity index (χ1) is 14.1. The van der Waals surface area contributed by atoms with Gasteiger partial charge in [0.05, 0.1) is 17.5 Å². The Morgan fingerprint density at radius 1 is 1.24 bits per heavy atom. The highest BCUT2D eigenvalue weighted by Gasteiger charge is 2.57. The molecule has 2 fully saturated rings. The summed E-state index contributed by atoms with van der Waals surface area (Å²) >= 11 is 0. The number of nitrogens with zero attached hydrogens (tertiary/aromatic N) is 2. The molecule has 3 heterocycles. The number of carbonyl (C=O) groups excluding carboxylic acids is 2. The molecule has 1 aromatic carbocycles. The van der Waals surface area contributed by atoms with Crippen LogP contribution in [0.4, 0.5) is 0 Å². The van der Waals surface area contributed by atoms with Crippen molar-refractivity contribution in [3.63, 3.8) is 0 Å². The van der Waals surface area contributed by atoms with Crippen LogP contribution < -0.4 is 4.74 Å². The lowest BCUT2D eigenvalue weighted by Crippen LogP contribution is -2.40. The van der Waals surface area contributed by atoms with Crippen molar-refractivity contribution >= 4 is 11.9 Å². The molecule has 0 N–H and O–H groups in total. The normalized spacial score (nSPS) is 23.6. The number of ether oxygens (including phenoxy) is 2. The van der Waals surface area contributed by atoms with E-state index < -0.39 is 11.0 Å². The van der Waals surface area contributed by atoms with E-state index in [2.05, 4.69) is 11.6 Å². The lowest BCUT2D eigenvalue weighted by Gasteiger charge is -2.27. The minimum absolute atomic E-state index is 0.118. The Kier molecular flexibility index (Phi) is 3.98. The summed E-state index contributed by atoms with van der Waals surface area (Å²) in [6, 6.07) is 9.60. The van der Waals surface area contributed by atoms with E-state index in [1.54, 1.807) is 18.5 Å². The van der Waals surface area contributed by atoms with Crippen molar-refractivity contribution in [3.05, 3.63) is 72.1 Å². The molecule has 1 aromatic heterocycles. The van der Waals surface area contributed by atoms with Gasteiger partial charge >= 0.3 is 5.97 Å². The van der Waals surface area contributed by atoms with Gasteiger partial charge in [-0.15, -0.1) is 0 Å². The van der Waals surface area contributed by atoms with Gasteiger partial charge in [-0.3, -0.25) is 9.78 Å². The van der Waals surface area contributed by atoms with Crippen LogP contribution in [0.3, 0.4) is 0 Å². The van der Waals surface area contributed by atoms with Crippen LogP contribution in [0, 0.1) is 0 Å². The molecule has 1 saturated heterocycles. The number of aromatic nitrogens is 1. The third-order valence-corrected chi connectivity index (χ3v) is 6.27. The number of pyridine rings is 1. The second-order valence-electron chi connectivity index (χ2n) is 7.99. The maximum Gasteiger partial charge on any atom is 0.341 e. The number of esters is 1. The van der Waals surface area contributed by atoms with Gasteiger partial charge in [0, 0.05) is 30.9 Å². The zero-order chi connectivity index (χ0) is 20.1. The summed E-state index contributed by atoms with van der Waals surface area (Å²) in [5, 5.41) is 0. The minimum Gasteiger partial charge on any atom is -0.490 e. The fourth-order valence-corrected chi connectivity index (χ4v) is 4.58. The maximum absolute atomic E-state index is 13.4. The highest BCUT2D eigenvalue weighted by atomic mass is 16.6. The van der Waals surface area contributed by atoms with Crippen LogP contribution in [0.5, 0.6) is 5.75 Å². The highest BCUT2D eigenvalue weighted by Crippen LogP contribution is 2.52. The van der Waals surface area contributed by atoms with E-state index in [0.717, 1.165) is 29.7 Å². The SMILES string of the molecule is C=CCOc1ccc(C2(C(=O)N3CCC4(C3)OC(=O)c3cnccc34)CC2)cc1. The third kappa shape index (κ3) is 2.74. The molecule has 6 heteroatoms. The minimum atomic E-state index is -0.733. The van der Waals surface area contributed by atoms with Crippen molar-refractivity contribution in [2.75, 3.05) is 19.7 Å². The van der Waals surface area contributed by atoms with Gasteiger partial charge in [0.25, 0.3) is 0 Å². The summed E-state index contributed by atoms with van der Waals surface area (Å²) in [4.78, 5) is 31.6. The summed E-state index contributed by atoms with van der Waals surface area (Å²) < 4.78 is 11.3. The zero-order valence-electron chi connectivity index (χ0n) is 16.1. The lowest BCUT2D eigenvalue weighted by molar-refractivity contribution is -0.134. The van der Waals surface area contributed by atoms with Crippen molar-refractivity contribution in [3.8, 4) is 5.75 Å². The summed E-state index contributed by atoms with van der Waals surface area (Å²) in [7, 11) is 0. The topological polar surface area (TPSA) is 68.7 Å². The monoisotopic (exact) mass is 390 g/mol. The van der Waals surface area contributed by atoms with E-state index in [1.165, 1.54) is 0 Å². The molecule has 6 nitrogen and oxygen atoms in total. The van der Waals surface area contributed by atoms with Crippen molar-refractivity contribution in [1.29, 1.82) is 0 Å². The van der Waals surface area contributed by atoms with E-state index in [9.17, 15) is 9.59 Å². The smallest absolute Gasteiger partial charge is 0.341 e. The molecule has 0 radical (unpaired) electrons.